The van der Waals surface area contributed by atoms with E-state index in [0.717, 1.165) is 18.4 Å². The van der Waals surface area contributed by atoms with Crippen molar-refractivity contribution in [1.29, 1.82) is 0 Å². The van der Waals surface area contributed by atoms with Crippen LogP contribution in [0.15, 0.2) is 84.0 Å². The maximum Gasteiger partial charge on any atom is 0.257 e. The highest BCUT2D eigenvalue weighted by atomic mass is 16.1. The van der Waals surface area contributed by atoms with Crippen molar-refractivity contribution in [2.24, 2.45) is 5.10 Å². The summed E-state index contributed by atoms with van der Waals surface area (Å²) in [7, 11) is 0. The molecule has 0 spiro atoms. The Morgan fingerprint density at radius 2 is 1.65 bits per heavy atom. The molecule has 0 bridgehead atoms. The second-order valence-corrected chi connectivity index (χ2v) is 9.37. The molecular formula is C30H30N6O. The molecule has 0 fully saturated rings. The Hall–Kier alpha value is -4.52. The van der Waals surface area contributed by atoms with Crippen LogP contribution in [0.2, 0.25) is 0 Å². The highest BCUT2D eigenvalue weighted by Crippen LogP contribution is 2.28. The van der Waals surface area contributed by atoms with Crippen molar-refractivity contribution in [3.05, 3.63) is 101 Å². The Bertz CT molecular complexity index is 1570. The summed E-state index contributed by atoms with van der Waals surface area (Å²) in [5.41, 5.74) is 12.5. The van der Waals surface area contributed by atoms with Gasteiger partial charge in [0.1, 0.15) is 16.9 Å². The molecule has 0 saturated carbocycles. The fraction of sp³-hybridized carbons (Fsp3) is 0.200. The van der Waals surface area contributed by atoms with E-state index < -0.39 is 0 Å². The first-order chi connectivity index (χ1) is 18.0. The third kappa shape index (κ3) is 5.21. The van der Waals surface area contributed by atoms with Gasteiger partial charge in [-0.25, -0.2) is 9.97 Å². The number of amides is 1. The molecule has 0 atom stereocenters. The number of hydrogen-bond donors (Lipinski definition) is 2. The van der Waals surface area contributed by atoms with Gasteiger partial charge in [0.2, 0.25) is 0 Å². The number of nitrogens with two attached hydrogens (primary N) is 1. The van der Waals surface area contributed by atoms with Crippen molar-refractivity contribution in [1.82, 2.24) is 20.0 Å². The fourth-order valence-electron chi connectivity index (χ4n) is 4.31. The molecular weight excluding hydrogens is 460 g/mol. The summed E-state index contributed by atoms with van der Waals surface area (Å²) >= 11 is 0. The van der Waals surface area contributed by atoms with Crippen molar-refractivity contribution in [3.8, 4) is 0 Å². The zero-order valence-corrected chi connectivity index (χ0v) is 21.1. The number of para-hydroxylation sites is 2. The molecule has 0 aliphatic rings. The lowest BCUT2D eigenvalue weighted by atomic mass is 10.0. The van der Waals surface area contributed by atoms with Gasteiger partial charge in [-0.15, -0.1) is 0 Å². The third-order valence-electron chi connectivity index (χ3n) is 6.40. The Labute approximate surface area is 216 Å². The van der Waals surface area contributed by atoms with Crippen molar-refractivity contribution in [2.45, 2.75) is 32.6 Å². The first-order valence-corrected chi connectivity index (χ1v) is 12.5. The molecule has 0 saturated heterocycles. The van der Waals surface area contributed by atoms with Crippen LogP contribution in [0.5, 0.6) is 0 Å². The van der Waals surface area contributed by atoms with Gasteiger partial charge in [-0.1, -0.05) is 80.6 Å². The van der Waals surface area contributed by atoms with E-state index in [1.54, 1.807) is 6.21 Å². The number of carbonyl (C=O) groups excluding carboxylic acids is 1. The Morgan fingerprint density at radius 1 is 0.973 bits per heavy atom. The summed E-state index contributed by atoms with van der Waals surface area (Å²) in [6.07, 6.45) is 3.41. The molecule has 7 nitrogen and oxygen atoms in total. The van der Waals surface area contributed by atoms with Gasteiger partial charge in [-0.2, -0.15) is 9.78 Å². The molecule has 5 aromatic rings. The van der Waals surface area contributed by atoms with Gasteiger partial charge in [0.15, 0.2) is 5.65 Å². The van der Waals surface area contributed by atoms with Crippen LogP contribution in [-0.2, 0) is 6.42 Å². The zero-order chi connectivity index (χ0) is 25.8. The largest absolute Gasteiger partial charge is 0.383 e. The molecule has 0 aliphatic carbocycles. The van der Waals surface area contributed by atoms with E-state index in [4.69, 9.17) is 15.7 Å². The van der Waals surface area contributed by atoms with Crippen LogP contribution < -0.4 is 11.1 Å². The summed E-state index contributed by atoms with van der Waals surface area (Å²) < 4.78 is 1.50. The predicted molar refractivity (Wildman–Crippen MR) is 150 cm³/mol. The fourth-order valence-corrected chi connectivity index (χ4v) is 4.31. The van der Waals surface area contributed by atoms with Crippen molar-refractivity contribution >= 4 is 40.1 Å². The topological polar surface area (TPSA) is 98.2 Å². The number of aryl methyl sites for hydroxylation is 1. The van der Waals surface area contributed by atoms with Crippen LogP contribution in [0, 0.1) is 0 Å². The molecule has 0 aliphatic heterocycles. The first-order valence-electron chi connectivity index (χ1n) is 12.5. The molecule has 2 aromatic heterocycles. The minimum atomic E-state index is -0.282. The molecule has 0 unspecified atom stereocenters. The standard InChI is InChI=1S/C30H30N6O/c1-20(2)23-16-14-22(15-17-23)19-33-36-28(31)26(27-29(36)35-25-13-7-6-12-24(25)34-27)30(37)32-18-8-11-21-9-4-3-5-10-21/h3-7,9-10,12-17,19-20H,8,11,18,31H2,1-2H3,(H,32,37)/b33-19-. The van der Waals surface area contributed by atoms with Gasteiger partial charge in [-0.3, -0.25) is 4.79 Å². The van der Waals surface area contributed by atoms with Gasteiger partial charge in [0, 0.05) is 6.54 Å². The number of benzene rings is 3. The lowest BCUT2D eigenvalue weighted by Crippen LogP contribution is -2.25. The lowest BCUT2D eigenvalue weighted by molar-refractivity contribution is 0.0955. The number of nitrogens with zero attached hydrogens (tertiary/aromatic N) is 4. The van der Waals surface area contributed by atoms with Gasteiger partial charge in [0.05, 0.1) is 17.2 Å². The minimum absolute atomic E-state index is 0.209. The summed E-state index contributed by atoms with van der Waals surface area (Å²) in [5.74, 6) is 0.378. The number of fused-ring (bicyclic) bond motifs is 2. The number of hydrogen-bond acceptors (Lipinski definition) is 5. The lowest BCUT2D eigenvalue weighted by Gasteiger charge is -2.06. The highest BCUT2D eigenvalue weighted by molar-refractivity contribution is 6.10. The number of carbonyl (C=O) groups is 1. The van der Waals surface area contributed by atoms with E-state index in [0.29, 0.717) is 40.2 Å². The maximum atomic E-state index is 13.3. The second-order valence-electron chi connectivity index (χ2n) is 9.37. The predicted octanol–water partition coefficient (Wildman–Crippen LogP) is 5.53. The summed E-state index contributed by atoms with van der Waals surface area (Å²) in [6.45, 7) is 4.84. The Morgan fingerprint density at radius 3 is 2.35 bits per heavy atom. The molecule has 3 aromatic carbocycles. The minimum Gasteiger partial charge on any atom is -0.383 e. The van der Waals surface area contributed by atoms with Gasteiger partial charge < -0.3 is 11.1 Å². The molecule has 5 rings (SSSR count). The average molecular weight is 491 g/mol. The van der Waals surface area contributed by atoms with Gasteiger partial charge in [0.25, 0.3) is 5.91 Å². The number of nitrogen functional groups attached to an aromatic ring is 1. The number of rotatable bonds is 8. The summed E-state index contributed by atoms with van der Waals surface area (Å²) in [6, 6.07) is 26.0. The smallest absolute Gasteiger partial charge is 0.257 e. The molecule has 0 radical (unpaired) electrons. The van der Waals surface area contributed by atoms with E-state index in [-0.39, 0.29) is 11.7 Å². The SMILES string of the molecule is CC(C)c1ccc(/C=N\n2c(N)c(C(=O)NCCCc3ccccc3)c3nc4ccccc4nc32)cc1. The molecule has 186 valence electrons. The molecule has 37 heavy (non-hydrogen) atoms. The summed E-state index contributed by atoms with van der Waals surface area (Å²) in [4.78, 5) is 22.8. The number of nitrogens with one attached hydrogen (secondary N) is 1. The monoisotopic (exact) mass is 490 g/mol. The Balaban J connectivity index is 1.46. The van der Waals surface area contributed by atoms with Crippen molar-refractivity contribution in [2.75, 3.05) is 12.3 Å². The van der Waals surface area contributed by atoms with Gasteiger partial charge >= 0.3 is 0 Å². The maximum absolute atomic E-state index is 13.3. The first kappa shape index (κ1) is 24.2. The van der Waals surface area contributed by atoms with E-state index in [1.165, 1.54) is 15.8 Å². The van der Waals surface area contributed by atoms with Gasteiger partial charge in [-0.05, 0) is 47.6 Å². The van der Waals surface area contributed by atoms with Crippen LogP contribution in [-0.4, -0.2) is 33.3 Å². The van der Waals surface area contributed by atoms with E-state index in [9.17, 15) is 4.79 Å². The highest BCUT2D eigenvalue weighted by Gasteiger charge is 2.23. The molecule has 2 heterocycles. The second kappa shape index (κ2) is 10.6. The zero-order valence-electron chi connectivity index (χ0n) is 21.1. The number of anilines is 1. The van der Waals surface area contributed by atoms with Crippen LogP contribution in [0.1, 0.15) is 53.2 Å². The average Bonchev–Trinajstić information content (AvgIpc) is 3.19. The normalized spacial score (nSPS) is 11.6. The summed E-state index contributed by atoms with van der Waals surface area (Å²) in [5, 5.41) is 7.61. The van der Waals surface area contributed by atoms with E-state index in [1.807, 2.05) is 54.6 Å². The molecule has 7 heteroatoms. The molecule has 1 amide bonds. The van der Waals surface area contributed by atoms with Crippen LogP contribution >= 0.6 is 0 Å². The quantitative estimate of drug-likeness (QED) is 0.221. The third-order valence-corrected chi connectivity index (χ3v) is 6.40. The Kier molecular flexibility index (Phi) is 6.94. The van der Waals surface area contributed by atoms with Crippen LogP contribution in [0.3, 0.4) is 0 Å². The van der Waals surface area contributed by atoms with Crippen LogP contribution in [0.4, 0.5) is 5.82 Å². The number of aromatic nitrogens is 3. The van der Waals surface area contributed by atoms with Crippen molar-refractivity contribution in [3.63, 3.8) is 0 Å². The van der Waals surface area contributed by atoms with Crippen molar-refractivity contribution < 1.29 is 4.79 Å². The van der Waals surface area contributed by atoms with Crippen LogP contribution in [0.25, 0.3) is 22.2 Å². The molecule has 3 N–H and O–H groups in total. The van der Waals surface area contributed by atoms with E-state index in [2.05, 4.69) is 48.5 Å². The van der Waals surface area contributed by atoms with E-state index >= 15 is 0 Å².